The van der Waals surface area contributed by atoms with Crippen molar-refractivity contribution in [3.05, 3.63) is 59.7 Å². The van der Waals surface area contributed by atoms with Gasteiger partial charge in [-0.15, -0.1) is 11.3 Å². The van der Waals surface area contributed by atoms with E-state index in [1.54, 1.807) is 11.3 Å². The number of thiophene rings is 1. The van der Waals surface area contributed by atoms with Crippen LogP contribution in [0.1, 0.15) is 18.5 Å². The van der Waals surface area contributed by atoms with Gasteiger partial charge in [-0.3, -0.25) is 4.98 Å². The molecule has 1 unspecified atom stereocenters. The van der Waals surface area contributed by atoms with Crippen LogP contribution >= 0.6 is 11.3 Å². The fourth-order valence-electron chi connectivity index (χ4n) is 2.04. The molecule has 0 amide bonds. The number of hydrogen-bond acceptors (Lipinski definition) is 3. The van der Waals surface area contributed by atoms with Crippen molar-refractivity contribution in [2.24, 2.45) is 0 Å². The molecule has 1 N–H and O–H groups in total. The Balaban J connectivity index is 1.83. The van der Waals surface area contributed by atoms with Gasteiger partial charge in [0, 0.05) is 28.8 Å². The monoisotopic (exact) mass is 254 g/mol. The van der Waals surface area contributed by atoms with Gasteiger partial charge >= 0.3 is 0 Å². The number of hydrogen-bond donors (Lipinski definition) is 1. The number of aromatic nitrogens is 1. The molecule has 1 atom stereocenters. The lowest BCUT2D eigenvalue weighted by atomic mass is 10.1. The Bertz CT molecular complexity index is 646. The highest BCUT2D eigenvalue weighted by Gasteiger charge is 2.05. The molecule has 3 aromatic rings. The number of nitrogens with one attached hydrogen (secondary N) is 1. The molecular weight excluding hydrogens is 240 g/mol. The average molecular weight is 254 g/mol. The van der Waals surface area contributed by atoms with E-state index in [-0.39, 0.29) is 6.04 Å². The molecule has 0 radical (unpaired) electrons. The van der Waals surface area contributed by atoms with Crippen molar-refractivity contribution < 1.29 is 0 Å². The maximum Gasteiger partial charge on any atom is 0.0486 e. The maximum absolute atomic E-state index is 4.04. The number of anilines is 1. The van der Waals surface area contributed by atoms with E-state index in [4.69, 9.17) is 0 Å². The van der Waals surface area contributed by atoms with Gasteiger partial charge in [0.1, 0.15) is 0 Å². The van der Waals surface area contributed by atoms with Gasteiger partial charge in [-0.25, -0.2) is 0 Å². The normalized spacial score (nSPS) is 12.5. The standard InChI is InChI=1S/C15H14N2S/c1-11(12-4-7-16-8-5-12)17-14-2-3-15-13(10-14)6-9-18-15/h2-11,17H,1H3. The first-order chi connectivity index (χ1) is 8.83. The van der Waals surface area contributed by atoms with Gasteiger partial charge in [0.25, 0.3) is 0 Å². The zero-order chi connectivity index (χ0) is 12.4. The van der Waals surface area contributed by atoms with Gasteiger partial charge in [0.2, 0.25) is 0 Å². The Labute approximate surface area is 110 Å². The Kier molecular flexibility index (Phi) is 2.99. The molecule has 2 aromatic heterocycles. The lowest BCUT2D eigenvalue weighted by Gasteiger charge is -2.15. The molecule has 90 valence electrons. The third-order valence-corrected chi connectivity index (χ3v) is 3.94. The van der Waals surface area contributed by atoms with E-state index in [9.17, 15) is 0 Å². The van der Waals surface area contributed by atoms with Crippen LogP contribution in [-0.4, -0.2) is 4.98 Å². The molecule has 0 fully saturated rings. The zero-order valence-electron chi connectivity index (χ0n) is 10.1. The number of pyridine rings is 1. The van der Waals surface area contributed by atoms with Crippen LogP contribution in [0.15, 0.2) is 54.2 Å². The summed E-state index contributed by atoms with van der Waals surface area (Å²) in [6.07, 6.45) is 3.66. The lowest BCUT2D eigenvalue weighted by Crippen LogP contribution is -2.06. The molecule has 2 heterocycles. The van der Waals surface area contributed by atoms with Crippen LogP contribution in [-0.2, 0) is 0 Å². The molecule has 0 aliphatic rings. The van der Waals surface area contributed by atoms with E-state index < -0.39 is 0 Å². The predicted molar refractivity (Wildman–Crippen MR) is 78.1 cm³/mol. The first-order valence-corrected chi connectivity index (χ1v) is 6.84. The highest BCUT2D eigenvalue weighted by molar-refractivity contribution is 7.17. The molecular formula is C15H14N2S. The minimum absolute atomic E-state index is 0.282. The van der Waals surface area contributed by atoms with Gasteiger partial charge in [-0.05, 0) is 59.7 Å². The Morgan fingerprint density at radius 1 is 1.11 bits per heavy atom. The summed E-state index contributed by atoms with van der Waals surface area (Å²) >= 11 is 1.78. The predicted octanol–water partition coefficient (Wildman–Crippen LogP) is 4.47. The van der Waals surface area contributed by atoms with Crippen molar-refractivity contribution in [2.75, 3.05) is 5.32 Å². The van der Waals surface area contributed by atoms with Gasteiger partial charge < -0.3 is 5.32 Å². The van der Waals surface area contributed by atoms with Crippen LogP contribution in [0.5, 0.6) is 0 Å². The largest absolute Gasteiger partial charge is 0.379 e. The molecule has 0 spiro atoms. The van der Waals surface area contributed by atoms with Crippen molar-refractivity contribution in [2.45, 2.75) is 13.0 Å². The van der Waals surface area contributed by atoms with Crippen molar-refractivity contribution in [3.63, 3.8) is 0 Å². The topological polar surface area (TPSA) is 24.9 Å². The van der Waals surface area contributed by atoms with E-state index in [1.165, 1.54) is 15.6 Å². The molecule has 0 aliphatic carbocycles. The summed E-state index contributed by atoms with van der Waals surface area (Å²) in [4.78, 5) is 4.04. The number of fused-ring (bicyclic) bond motifs is 1. The van der Waals surface area contributed by atoms with Gasteiger partial charge in [0.15, 0.2) is 0 Å². The fourth-order valence-corrected chi connectivity index (χ4v) is 2.81. The number of nitrogens with zero attached hydrogens (tertiary/aromatic N) is 1. The Morgan fingerprint density at radius 2 is 1.94 bits per heavy atom. The quantitative estimate of drug-likeness (QED) is 0.746. The molecule has 2 nitrogen and oxygen atoms in total. The second kappa shape index (κ2) is 4.78. The molecule has 3 heteroatoms. The lowest BCUT2D eigenvalue weighted by molar-refractivity contribution is 0.881. The summed E-state index contributed by atoms with van der Waals surface area (Å²) in [7, 11) is 0. The van der Waals surface area contributed by atoms with E-state index in [0.717, 1.165) is 5.69 Å². The third-order valence-electron chi connectivity index (χ3n) is 3.04. The van der Waals surface area contributed by atoms with Crippen LogP contribution in [0.2, 0.25) is 0 Å². The summed E-state index contributed by atoms with van der Waals surface area (Å²) in [6, 6.07) is 13.0. The van der Waals surface area contributed by atoms with E-state index in [1.807, 2.05) is 24.5 Å². The highest BCUT2D eigenvalue weighted by Crippen LogP contribution is 2.26. The van der Waals surface area contributed by atoms with Crippen molar-refractivity contribution in [1.82, 2.24) is 4.98 Å². The number of rotatable bonds is 3. The van der Waals surface area contributed by atoms with Crippen LogP contribution in [0.4, 0.5) is 5.69 Å². The van der Waals surface area contributed by atoms with Gasteiger partial charge in [-0.2, -0.15) is 0 Å². The van der Waals surface area contributed by atoms with Crippen LogP contribution < -0.4 is 5.32 Å². The minimum Gasteiger partial charge on any atom is -0.379 e. The van der Waals surface area contributed by atoms with Crippen LogP contribution in [0, 0.1) is 0 Å². The van der Waals surface area contributed by atoms with Crippen LogP contribution in [0.3, 0.4) is 0 Å². The van der Waals surface area contributed by atoms with E-state index in [2.05, 4.69) is 46.9 Å². The van der Waals surface area contributed by atoms with Crippen molar-refractivity contribution in [1.29, 1.82) is 0 Å². The molecule has 0 saturated carbocycles. The molecule has 1 aromatic carbocycles. The molecule has 3 rings (SSSR count). The van der Waals surface area contributed by atoms with Crippen molar-refractivity contribution >= 4 is 27.1 Å². The zero-order valence-corrected chi connectivity index (χ0v) is 10.9. The first kappa shape index (κ1) is 11.2. The molecule has 0 aliphatic heterocycles. The maximum atomic E-state index is 4.04. The molecule has 0 saturated heterocycles. The van der Waals surface area contributed by atoms with E-state index in [0.29, 0.717) is 0 Å². The second-order valence-corrected chi connectivity index (χ2v) is 5.27. The summed E-state index contributed by atoms with van der Waals surface area (Å²) in [5.41, 5.74) is 2.40. The van der Waals surface area contributed by atoms with E-state index >= 15 is 0 Å². The summed E-state index contributed by atoms with van der Waals surface area (Å²) < 4.78 is 1.33. The van der Waals surface area contributed by atoms with Gasteiger partial charge in [-0.1, -0.05) is 0 Å². The summed E-state index contributed by atoms with van der Waals surface area (Å²) in [5.74, 6) is 0. The Hall–Kier alpha value is -1.87. The smallest absolute Gasteiger partial charge is 0.0486 e. The second-order valence-electron chi connectivity index (χ2n) is 4.32. The first-order valence-electron chi connectivity index (χ1n) is 5.96. The highest BCUT2D eigenvalue weighted by atomic mass is 32.1. The van der Waals surface area contributed by atoms with Gasteiger partial charge in [0.05, 0.1) is 0 Å². The third kappa shape index (κ3) is 2.22. The van der Waals surface area contributed by atoms with Crippen LogP contribution in [0.25, 0.3) is 10.1 Å². The average Bonchev–Trinajstić information content (AvgIpc) is 2.87. The summed E-state index contributed by atoms with van der Waals surface area (Å²) in [5, 5.41) is 6.94. The molecule has 18 heavy (non-hydrogen) atoms. The van der Waals surface area contributed by atoms with Crippen molar-refractivity contribution in [3.8, 4) is 0 Å². The summed E-state index contributed by atoms with van der Waals surface area (Å²) in [6.45, 7) is 2.16. The Morgan fingerprint density at radius 3 is 2.78 bits per heavy atom. The SMILES string of the molecule is CC(Nc1ccc2sccc2c1)c1ccncc1. The number of benzene rings is 1. The fraction of sp³-hybridized carbons (Fsp3) is 0.133. The molecule has 0 bridgehead atoms. The minimum atomic E-state index is 0.282.